The molecule has 0 spiro atoms. The van der Waals surface area contributed by atoms with Gasteiger partial charge in [-0.3, -0.25) is 0 Å². The summed E-state index contributed by atoms with van der Waals surface area (Å²) in [6, 6.07) is 5.84. The number of nitrogens with two attached hydrogens (primary N) is 1. The van der Waals surface area contributed by atoms with Crippen LogP contribution in [-0.4, -0.2) is 20.2 Å². The third-order valence-electron chi connectivity index (χ3n) is 3.24. The van der Waals surface area contributed by atoms with Gasteiger partial charge < -0.3 is 5.73 Å². The van der Waals surface area contributed by atoms with Crippen LogP contribution in [0, 0.1) is 12.8 Å². The highest BCUT2D eigenvalue weighted by molar-refractivity contribution is 5.74. The van der Waals surface area contributed by atoms with Crippen LogP contribution < -0.4 is 5.73 Å². The van der Waals surface area contributed by atoms with Crippen molar-refractivity contribution in [1.29, 1.82) is 0 Å². The molecule has 0 aliphatic rings. The van der Waals surface area contributed by atoms with Gasteiger partial charge in [0.2, 0.25) is 0 Å². The molecule has 1 unspecified atom stereocenters. The first kappa shape index (κ1) is 12.5. The van der Waals surface area contributed by atoms with Gasteiger partial charge in [0.15, 0.2) is 5.82 Å². The van der Waals surface area contributed by atoms with Crippen molar-refractivity contribution in [1.82, 2.24) is 20.2 Å². The molecule has 0 amide bonds. The van der Waals surface area contributed by atoms with E-state index in [1.807, 2.05) is 29.8 Å². The van der Waals surface area contributed by atoms with E-state index in [0.29, 0.717) is 5.92 Å². The van der Waals surface area contributed by atoms with Crippen LogP contribution in [0.4, 0.5) is 5.69 Å². The van der Waals surface area contributed by atoms with Crippen LogP contribution in [0.15, 0.2) is 18.2 Å². The largest absolute Gasteiger partial charge is 0.398 e. The molecule has 5 heteroatoms. The van der Waals surface area contributed by atoms with E-state index in [2.05, 4.69) is 29.4 Å². The van der Waals surface area contributed by atoms with Crippen LogP contribution in [0.3, 0.4) is 0 Å². The maximum atomic E-state index is 6.04. The van der Waals surface area contributed by atoms with Gasteiger partial charge in [0, 0.05) is 17.8 Å². The topological polar surface area (TPSA) is 69.6 Å². The number of hydrogen-bond donors (Lipinski definition) is 1. The molecule has 5 nitrogen and oxygen atoms in total. The van der Waals surface area contributed by atoms with Crippen molar-refractivity contribution in [2.45, 2.75) is 33.7 Å². The molecule has 0 saturated carbocycles. The molecule has 18 heavy (non-hydrogen) atoms. The molecule has 2 aromatic rings. The molecule has 2 N–H and O–H groups in total. The third kappa shape index (κ3) is 2.34. The number of benzene rings is 1. The van der Waals surface area contributed by atoms with Gasteiger partial charge >= 0.3 is 0 Å². The Kier molecular flexibility index (Phi) is 3.60. The fourth-order valence-corrected chi connectivity index (χ4v) is 1.93. The molecule has 0 radical (unpaired) electrons. The maximum absolute atomic E-state index is 6.04. The predicted molar refractivity (Wildman–Crippen MR) is 71.9 cm³/mol. The first-order valence-electron chi connectivity index (χ1n) is 6.25. The van der Waals surface area contributed by atoms with Crippen LogP contribution >= 0.6 is 0 Å². The third-order valence-corrected chi connectivity index (χ3v) is 3.24. The minimum Gasteiger partial charge on any atom is -0.398 e. The van der Waals surface area contributed by atoms with Crippen molar-refractivity contribution in [2.75, 3.05) is 5.73 Å². The number of nitrogen functional groups attached to an aromatic ring is 1. The Hall–Kier alpha value is -1.91. The Morgan fingerprint density at radius 1 is 1.39 bits per heavy atom. The Labute approximate surface area is 107 Å². The quantitative estimate of drug-likeness (QED) is 0.839. The first-order valence-corrected chi connectivity index (χ1v) is 6.25. The van der Waals surface area contributed by atoms with Crippen LogP contribution in [0.25, 0.3) is 11.4 Å². The summed E-state index contributed by atoms with van der Waals surface area (Å²) in [5.41, 5.74) is 8.78. The molecule has 1 heterocycles. The van der Waals surface area contributed by atoms with Gasteiger partial charge in [0.1, 0.15) is 0 Å². The van der Waals surface area contributed by atoms with Crippen molar-refractivity contribution in [3.05, 3.63) is 23.8 Å². The van der Waals surface area contributed by atoms with E-state index in [-0.39, 0.29) is 0 Å². The molecule has 0 bridgehead atoms. The zero-order valence-corrected chi connectivity index (χ0v) is 11.1. The number of aromatic nitrogens is 4. The molecule has 0 fully saturated rings. The predicted octanol–water partition coefficient (Wildman–Crippen LogP) is 2.28. The molecule has 96 valence electrons. The number of tetrazole rings is 1. The summed E-state index contributed by atoms with van der Waals surface area (Å²) in [5.74, 6) is 1.29. The Bertz CT molecular complexity index is 512. The second-order valence-electron chi connectivity index (χ2n) is 4.74. The van der Waals surface area contributed by atoms with Crippen molar-refractivity contribution in [3.63, 3.8) is 0 Å². The highest BCUT2D eigenvalue weighted by Crippen LogP contribution is 2.27. The molecular formula is C13H19N5. The molecule has 2 rings (SSSR count). The Morgan fingerprint density at radius 3 is 2.83 bits per heavy atom. The van der Waals surface area contributed by atoms with Gasteiger partial charge in [-0.05, 0) is 34.9 Å². The average Bonchev–Trinajstić information content (AvgIpc) is 2.77. The van der Waals surface area contributed by atoms with Crippen LogP contribution in [0.5, 0.6) is 0 Å². The SMILES string of the molecule is CCC(C)Cn1nnnc1-c1c(C)cccc1N. The van der Waals surface area contributed by atoms with Crippen LogP contribution in [0.1, 0.15) is 25.8 Å². The van der Waals surface area contributed by atoms with E-state index in [0.717, 1.165) is 35.6 Å². The van der Waals surface area contributed by atoms with Gasteiger partial charge in [0.05, 0.1) is 0 Å². The van der Waals surface area contributed by atoms with Gasteiger partial charge in [-0.1, -0.05) is 32.4 Å². The smallest absolute Gasteiger partial charge is 0.184 e. The number of nitrogens with zero attached hydrogens (tertiary/aromatic N) is 4. The minimum absolute atomic E-state index is 0.539. The summed E-state index contributed by atoms with van der Waals surface area (Å²) in [7, 11) is 0. The first-order chi connectivity index (χ1) is 8.63. The summed E-state index contributed by atoms with van der Waals surface area (Å²) in [6.45, 7) is 7.18. The summed E-state index contributed by atoms with van der Waals surface area (Å²) in [6.07, 6.45) is 1.10. The van der Waals surface area contributed by atoms with Crippen molar-refractivity contribution in [2.24, 2.45) is 5.92 Å². The molecule has 0 aliphatic heterocycles. The molecular weight excluding hydrogens is 226 g/mol. The van der Waals surface area contributed by atoms with Crippen molar-refractivity contribution >= 4 is 5.69 Å². The fourth-order valence-electron chi connectivity index (χ4n) is 1.93. The minimum atomic E-state index is 0.539. The summed E-state index contributed by atoms with van der Waals surface area (Å²) >= 11 is 0. The normalized spacial score (nSPS) is 12.6. The van der Waals surface area contributed by atoms with Gasteiger partial charge in [-0.2, -0.15) is 0 Å². The summed E-state index contributed by atoms with van der Waals surface area (Å²) < 4.78 is 1.84. The standard InChI is InChI=1S/C13H19N5/c1-4-9(2)8-18-13(15-16-17-18)12-10(3)6-5-7-11(12)14/h5-7,9H,4,8,14H2,1-3H3. The van der Waals surface area contributed by atoms with E-state index in [1.165, 1.54) is 0 Å². The fraction of sp³-hybridized carbons (Fsp3) is 0.462. The van der Waals surface area contributed by atoms with E-state index in [1.54, 1.807) is 0 Å². The molecule has 0 aliphatic carbocycles. The van der Waals surface area contributed by atoms with E-state index in [9.17, 15) is 0 Å². The highest BCUT2D eigenvalue weighted by Gasteiger charge is 2.15. The number of rotatable bonds is 4. The lowest BCUT2D eigenvalue weighted by molar-refractivity contribution is 0.434. The zero-order chi connectivity index (χ0) is 13.1. The van der Waals surface area contributed by atoms with E-state index < -0.39 is 0 Å². The monoisotopic (exact) mass is 245 g/mol. The molecule has 0 saturated heterocycles. The maximum Gasteiger partial charge on any atom is 0.184 e. The lowest BCUT2D eigenvalue weighted by atomic mass is 10.1. The van der Waals surface area contributed by atoms with Crippen LogP contribution in [-0.2, 0) is 6.54 Å². The average molecular weight is 245 g/mol. The second kappa shape index (κ2) is 5.16. The van der Waals surface area contributed by atoms with Crippen molar-refractivity contribution in [3.8, 4) is 11.4 Å². The van der Waals surface area contributed by atoms with Gasteiger partial charge in [-0.15, -0.1) is 5.10 Å². The molecule has 1 aromatic carbocycles. The molecule has 1 atom stereocenters. The van der Waals surface area contributed by atoms with Gasteiger partial charge in [-0.25, -0.2) is 4.68 Å². The lowest BCUT2D eigenvalue weighted by Gasteiger charge is -2.12. The van der Waals surface area contributed by atoms with Crippen molar-refractivity contribution < 1.29 is 0 Å². The van der Waals surface area contributed by atoms with E-state index in [4.69, 9.17) is 5.73 Å². The second-order valence-corrected chi connectivity index (χ2v) is 4.74. The Balaban J connectivity index is 2.43. The number of hydrogen-bond acceptors (Lipinski definition) is 4. The summed E-state index contributed by atoms with van der Waals surface area (Å²) in [5, 5.41) is 12.0. The number of anilines is 1. The van der Waals surface area contributed by atoms with E-state index >= 15 is 0 Å². The molecule has 1 aromatic heterocycles. The highest BCUT2D eigenvalue weighted by atomic mass is 15.5. The number of aryl methyl sites for hydroxylation is 1. The van der Waals surface area contributed by atoms with Gasteiger partial charge in [0.25, 0.3) is 0 Å². The lowest BCUT2D eigenvalue weighted by Crippen LogP contribution is -2.11. The summed E-state index contributed by atoms with van der Waals surface area (Å²) in [4.78, 5) is 0. The van der Waals surface area contributed by atoms with Crippen LogP contribution in [0.2, 0.25) is 0 Å². The zero-order valence-electron chi connectivity index (χ0n) is 11.1. The Morgan fingerprint density at radius 2 is 2.17 bits per heavy atom.